The molecule has 0 bridgehead atoms. The minimum atomic E-state index is -1.37. The van der Waals surface area contributed by atoms with Gasteiger partial charge in [-0.3, -0.25) is 4.79 Å². The molecule has 0 spiro atoms. The van der Waals surface area contributed by atoms with E-state index in [9.17, 15) is 14.0 Å². The molecular formula is C11H12FN3O3. The Labute approximate surface area is 102 Å². The number of nitrogens with zero attached hydrogens (tertiary/aromatic N) is 2. The van der Waals surface area contributed by atoms with Crippen molar-refractivity contribution in [2.24, 2.45) is 5.73 Å². The van der Waals surface area contributed by atoms with Crippen LogP contribution >= 0.6 is 0 Å². The highest BCUT2D eigenvalue weighted by Gasteiger charge is 2.32. The summed E-state index contributed by atoms with van der Waals surface area (Å²) in [6.45, 7) is 0.431. The zero-order valence-electron chi connectivity index (χ0n) is 9.47. The van der Waals surface area contributed by atoms with E-state index in [0.717, 1.165) is 6.07 Å². The van der Waals surface area contributed by atoms with Crippen molar-refractivity contribution in [2.45, 2.75) is 18.9 Å². The van der Waals surface area contributed by atoms with E-state index >= 15 is 0 Å². The molecule has 1 atom stereocenters. The average molecular weight is 253 g/mol. The molecule has 1 amide bonds. The molecule has 1 aromatic rings. The van der Waals surface area contributed by atoms with Gasteiger partial charge in [-0.1, -0.05) is 0 Å². The summed E-state index contributed by atoms with van der Waals surface area (Å²) in [5.74, 6) is -2.99. The van der Waals surface area contributed by atoms with Crippen molar-refractivity contribution in [3.63, 3.8) is 0 Å². The number of primary amides is 1. The fraction of sp³-hybridized carbons (Fsp3) is 0.364. The normalized spacial score (nSPS) is 18.9. The number of rotatable bonds is 3. The van der Waals surface area contributed by atoms with Gasteiger partial charge in [-0.25, -0.2) is 14.2 Å². The van der Waals surface area contributed by atoms with E-state index in [1.807, 2.05) is 0 Å². The summed E-state index contributed by atoms with van der Waals surface area (Å²) in [5, 5.41) is 8.83. The maximum atomic E-state index is 14.0. The molecule has 1 aliphatic heterocycles. The van der Waals surface area contributed by atoms with Crippen molar-refractivity contribution in [3.05, 3.63) is 23.6 Å². The molecule has 96 valence electrons. The summed E-state index contributed by atoms with van der Waals surface area (Å²) < 4.78 is 14.0. The highest BCUT2D eigenvalue weighted by molar-refractivity contribution is 5.89. The van der Waals surface area contributed by atoms with Crippen LogP contribution in [0.25, 0.3) is 0 Å². The number of anilines is 1. The molecule has 1 saturated heterocycles. The second kappa shape index (κ2) is 4.59. The molecule has 2 rings (SSSR count). The van der Waals surface area contributed by atoms with Crippen LogP contribution in [0.4, 0.5) is 10.2 Å². The molecule has 1 fully saturated rings. The van der Waals surface area contributed by atoms with Gasteiger partial charge in [-0.05, 0) is 18.9 Å². The molecule has 1 aromatic heterocycles. The van der Waals surface area contributed by atoms with Gasteiger partial charge in [0, 0.05) is 12.7 Å². The van der Waals surface area contributed by atoms with Gasteiger partial charge in [0.2, 0.25) is 5.91 Å². The first kappa shape index (κ1) is 12.3. The number of aromatic nitrogens is 1. The SMILES string of the molecule is NC(=O)C1CCCN1c1nccc(C(=O)O)c1F. The Kier molecular flexibility index (Phi) is 3.14. The third kappa shape index (κ3) is 1.99. The van der Waals surface area contributed by atoms with Gasteiger partial charge in [0.15, 0.2) is 11.6 Å². The van der Waals surface area contributed by atoms with E-state index in [1.54, 1.807) is 0 Å². The number of aromatic carboxylic acids is 1. The monoisotopic (exact) mass is 253 g/mol. The second-order valence-electron chi connectivity index (χ2n) is 4.06. The number of carbonyl (C=O) groups is 2. The van der Waals surface area contributed by atoms with Crippen molar-refractivity contribution in [1.29, 1.82) is 0 Å². The smallest absolute Gasteiger partial charge is 0.338 e. The van der Waals surface area contributed by atoms with E-state index in [2.05, 4.69) is 4.98 Å². The molecule has 0 aliphatic carbocycles. The minimum absolute atomic E-state index is 0.129. The summed E-state index contributed by atoms with van der Waals surface area (Å²) in [6, 6.07) is 0.451. The first-order chi connectivity index (χ1) is 8.52. The maximum absolute atomic E-state index is 14.0. The average Bonchev–Trinajstić information content (AvgIpc) is 2.77. The summed E-state index contributed by atoms with van der Waals surface area (Å²) >= 11 is 0. The van der Waals surface area contributed by atoms with Crippen molar-refractivity contribution >= 4 is 17.7 Å². The molecule has 2 heterocycles. The van der Waals surface area contributed by atoms with Gasteiger partial charge >= 0.3 is 5.97 Å². The van der Waals surface area contributed by atoms with Crippen molar-refractivity contribution in [3.8, 4) is 0 Å². The number of hydrogen-bond acceptors (Lipinski definition) is 4. The lowest BCUT2D eigenvalue weighted by Crippen LogP contribution is -2.41. The van der Waals surface area contributed by atoms with Crippen molar-refractivity contribution < 1.29 is 19.1 Å². The fourth-order valence-electron chi connectivity index (χ4n) is 2.11. The molecule has 3 N–H and O–H groups in total. The zero-order chi connectivity index (χ0) is 13.3. The predicted molar refractivity (Wildman–Crippen MR) is 60.7 cm³/mol. The van der Waals surface area contributed by atoms with Crippen LogP contribution in [0.3, 0.4) is 0 Å². The van der Waals surface area contributed by atoms with Crippen LogP contribution in [0.15, 0.2) is 12.3 Å². The number of hydrogen-bond donors (Lipinski definition) is 2. The standard InChI is InChI=1S/C11H12FN3O3/c12-8-6(11(17)18)3-4-14-10(8)15-5-1-2-7(15)9(13)16/h3-4,7H,1-2,5H2,(H2,13,16)(H,17,18). The molecule has 18 heavy (non-hydrogen) atoms. The molecule has 6 nitrogen and oxygen atoms in total. The highest BCUT2D eigenvalue weighted by Crippen LogP contribution is 2.27. The Hall–Kier alpha value is -2.18. The highest BCUT2D eigenvalue weighted by atomic mass is 19.1. The fourth-order valence-corrected chi connectivity index (χ4v) is 2.11. The van der Waals surface area contributed by atoms with Crippen LogP contribution in [0.1, 0.15) is 23.2 Å². The molecule has 1 aliphatic rings. The van der Waals surface area contributed by atoms with Gasteiger partial charge in [-0.2, -0.15) is 0 Å². The summed E-state index contributed by atoms with van der Waals surface area (Å²) in [6.07, 6.45) is 2.41. The first-order valence-corrected chi connectivity index (χ1v) is 5.46. The third-order valence-electron chi connectivity index (χ3n) is 2.95. The summed E-state index contributed by atoms with van der Waals surface area (Å²) in [7, 11) is 0. The molecule has 1 unspecified atom stereocenters. The number of pyridine rings is 1. The van der Waals surface area contributed by atoms with E-state index in [4.69, 9.17) is 10.8 Å². The minimum Gasteiger partial charge on any atom is -0.478 e. The zero-order valence-corrected chi connectivity index (χ0v) is 9.47. The molecule has 0 saturated carbocycles. The lowest BCUT2D eigenvalue weighted by atomic mass is 10.2. The van der Waals surface area contributed by atoms with E-state index in [1.165, 1.54) is 11.1 Å². The lowest BCUT2D eigenvalue weighted by Gasteiger charge is -2.23. The van der Waals surface area contributed by atoms with Crippen LogP contribution in [-0.2, 0) is 4.79 Å². The molecule has 7 heteroatoms. The van der Waals surface area contributed by atoms with E-state index in [-0.39, 0.29) is 5.82 Å². The van der Waals surface area contributed by atoms with Crippen LogP contribution in [-0.4, -0.2) is 34.6 Å². The van der Waals surface area contributed by atoms with Gasteiger partial charge in [0.25, 0.3) is 0 Å². The maximum Gasteiger partial charge on any atom is 0.338 e. The Balaban J connectivity index is 2.42. The third-order valence-corrected chi connectivity index (χ3v) is 2.95. The number of nitrogens with two attached hydrogens (primary N) is 1. The first-order valence-electron chi connectivity index (χ1n) is 5.46. The van der Waals surface area contributed by atoms with Crippen molar-refractivity contribution in [1.82, 2.24) is 4.98 Å². The number of carboxylic acid groups (broad SMARTS) is 1. The van der Waals surface area contributed by atoms with Gasteiger partial charge < -0.3 is 15.7 Å². The Morgan fingerprint density at radius 3 is 2.89 bits per heavy atom. The van der Waals surface area contributed by atoms with Crippen LogP contribution in [0.2, 0.25) is 0 Å². The van der Waals surface area contributed by atoms with Crippen LogP contribution in [0.5, 0.6) is 0 Å². The lowest BCUT2D eigenvalue weighted by molar-refractivity contribution is -0.119. The Morgan fingerprint density at radius 2 is 2.28 bits per heavy atom. The Bertz CT molecular complexity index is 506. The van der Waals surface area contributed by atoms with Gasteiger partial charge in [0.05, 0.1) is 0 Å². The molecular weight excluding hydrogens is 241 g/mol. The Morgan fingerprint density at radius 1 is 1.56 bits per heavy atom. The van der Waals surface area contributed by atoms with Gasteiger partial charge in [-0.15, -0.1) is 0 Å². The second-order valence-corrected chi connectivity index (χ2v) is 4.06. The van der Waals surface area contributed by atoms with E-state index in [0.29, 0.717) is 19.4 Å². The number of carbonyl (C=O) groups excluding carboxylic acids is 1. The quantitative estimate of drug-likeness (QED) is 0.811. The van der Waals surface area contributed by atoms with Crippen LogP contribution in [0, 0.1) is 5.82 Å². The summed E-state index contributed by atoms with van der Waals surface area (Å²) in [4.78, 5) is 27.3. The largest absolute Gasteiger partial charge is 0.478 e. The summed E-state index contributed by atoms with van der Waals surface area (Å²) in [5.41, 5.74) is 4.76. The molecule has 0 radical (unpaired) electrons. The number of amides is 1. The van der Waals surface area contributed by atoms with E-state index < -0.39 is 29.3 Å². The van der Waals surface area contributed by atoms with Crippen molar-refractivity contribution in [2.75, 3.05) is 11.4 Å². The number of carboxylic acids is 1. The molecule has 0 aromatic carbocycles. The topological polar surface area (TPSA) is 96.5 Å². The number of halogens is 1. The van der Waals surface area contributed by atoms with Gasteiger partial charge in [0.1, 0.15) is 11.6 Å². The predicted octanol–water partition coefficient (Wildman–Crippen LogP) is 0.373. The van der Waals surface area contributed by atoms with Crippen LogP contribution < -0.4 is 10.6 Å².